The van der Waals surface area contributed by atoms with E-state index in [-0.39, 0.29) is 23.4 Å². The molecule has 7 atom stereocenters. The summed E-state index contributed by atoms with van der Waals surface area (Å²) in [6.45, 7) is 9.38. The van der Waals surface area contributed by atoms with Crippen molar-refractivity contribution in [2.75, 3.05) is 13.2 Å². The van der Waals surface area contributed by atoms with Crippen LogP contribution in [-0.2, 0) is 23.8 Å². The standard InChI is InChI=1S/C25H40O5/c1-16-9-10-18(30-17(2)26)7-5-6-8-19-20(16)15-23(27)24(3)21(19)11-12-22(24)25(4)28-13-14-29-25/h16,18-22H,5-15H2,1-4H3. The number of ether oxygens (including phenoxy) is 3. The molecule has 0 aromatic rings. The lowest BCUT2D eigenvalue weighted by Crippen LogP contribution is -2.54. The van der Waals surface area contributed by atoms with Gasteiger partial charge in [0.2, 0.25) is 0 Å². The zero-order chi connectivity index (χ0) is 21.5. The van der Waals surface area contributed by atoms with Crippen LogP contribution < -0.4 is 0 Å². The van der Waals surface area contributed by atoms with E-state index in [0.29, 0.717) is 49.1 Å². The summed E-state index contributed by atoms with van der Waals surface area (Å²) in [4.78, 5) is 25.1. The summed E-state index contributed by atoms with van der Waals surface area (Å²) in [7, 11) is 0. The molecule has 5 nitrogen and oxygen atoms in total. The SMILES string of the molecule is CC(=O)OC1CCCCC2C(CC(=O)C3(C)C2CCC3C2(C)OCCO2)C(C)CC1. The Balaban J connectivity index is 1.55. The first-order chi connectivity index (χ1) is 14.3. The number of fused-ring (bicyclic) bond motifs is 3. The fraction of sp³-hybridized carbons (Fsp3) is 0.920. The molecule has 7 unspecified atom stereocenters. The van der Waals surface area contributed by atoms with Gasteiger partial charge in [-0.25, -0.2) is 0 Å². The number of hydrogen-bond donors (Lipinski definition) is 0. The molecule has 1 saturated heterocycles. The average molecular weight is 421 g/mol. The molecule has 4 fully saturated rings. The predicted octanol–water partition coefficient (Wildman–Crippen LogP) is 4.91. The van der Waals surface area contributed by atoms with Crippen molar-refractivity contribution in [1.82, 2.24) is 0 Å². The molecule has 4 rings (SSSR count). The van der Waals surface area contributed by atoms with Crippen molar-refractivity contribution in [2.24, 2.45) is 35.0 Å². The fourth-order valence-corrected chi connectivity index (χ4v) is 7.64. The van der Waals surface area contributed by atoms with Gasteiger partial charge in [0.1, 0.15) is 11.9 Å². The van der Waals surface area contributed by atoms with Crippen LogP contribution in [-0.4, -0.2) is 36.9 Å². The summed E-state index contributed by atoms with van der Waals surface area (Å²) < 4.78 is 17.7. The van der Waals surface area contributed by atoms with Crippen LogP contribution in [0.5, 0.6) is 0 Å². The minimum atomic E-state index is -0.606. The molecule has 0 N–H and O–H groups in total. The first-order valence-electron chi connectivity index (χ1n) is 12.2. The van der Waals surface area contributed by atoms with Crippen molar-refractivity contribution in [1.29, 1.82) is 0 Å². The second kappa shape index (κ2) is 8.54. The van der Waals surface area contributed by atoms with E-state index in [1.165, 1.54) is 13.3 Å². The van der Waals surface area contributed by atoms with Crippen molar-refractivity contribution in [2.45, 2.75) is 97.4 Å². The monoisotopic (exact) mass is 420 g/mol. The molecular formula is C25H40O5. The van der Waals surface area contributed by atoms with E-state index in [1.807, 2.05) is 0 Å². The average Bonchev–Trinajstić information content (AvgIpc) is 3.28. The Morgan fingerprint density at radius 3 is 2.37 bits per heavy atom. The van der Waals surface area contributed by atoms with Crippen LogP contribution in [0.2, 0.25) is 0 Å². The second-order valence-electron chi connectivity index (χ2n) is 10.8. The zero-order valence-electron chi connectivity index (χ0n) is 19.3. The Morgan fingerprint density at radius 2 is 1.67 bits per heavy atom. The van der Waals surface area contributed by atoms with Crippen LogP contribution in [0.25, 0.3) is 0 Å². The van der Waals surface area contributed by atoms with Gasteiger partial charge in [0, 0.05) is 24.7 Å². The number of carbonyl (C=O) groups excluding carboxylic acids is 2. The Bertz CT molecular complexity index is 654. The summed E-state index contributed by atoms with van der Waals surface area (Å²) in [6.07, 6.45) is 9.21. The normalized spacial score (nSPS) is 44.2. The molecule has 0 bridgehead atoms. The molecule has 3 aliphatic carbocycles. The highest BCUT2D eigenvalue weighted by molar-refractivity contribution is 5.87. The van der Waals surface area contributed by atoms with Gasteiger partial charge in [0.25, 0.3) is 0 Å². The molecule has 0 aromatic heterocycles. The van der Waals surface area contributed by atoms with Crippen molar-refractivity contribution >= 4 is 11.8 Å². The molecule has 30 heavy (non-hydrogen) atoms. The molecule has 0 aromatic carbocycles. The third-order valence-corrected chi connectivity index (χ3v) is 9.16. The van der Waals surface area contributed by atoms with Gasteiger partial charge >= 0.3 is 5.97 Å². The molecule has 5 heteroatoms. The van der Waals surface area contributed by atoms with E-state index >= 15 is 0 Å². The maximum atomic E-state index is 13.7. The highest BCUT2D eigenvalue weighted by Gasteiger charge is 2.64. The summed E-state index contributed by atoms with van der Waals surface area (Å²) in [5.74, 6) is 1.77. The third kappa shape index (κ3) is 3.85. The van der Waals surface area contributed by atoms with E-state index in [0.717, 1.165) is 44.9 Å². The topological polar surface area (TPSA) is 61.8 Å². The second-order valence-corrected chi connectivity index (χ2v) is 10.8. The number of ketones is 1. The molecule has 3 saturated carbocycles. The number of Topliss-reactive ketones (excluding diaryl/α,β-unsaturated/α-hetero) is 1. The quantitative estimate of drug-likeness (QED) is 0.594. The van der Waals surface area contributed by atoms with Gasteiger partial charge < -0.3 is 14.2 Å². The van der Waals surface area contributed by atoms with E-state index in [2.05, 4.69) is 20.8 Å². The van der Waals surface area contributed by atoms with E-state index < -0.39 is 5.79 Å². The smallest absolute Gasteiger partial charge is 0.302 e. The van der Waals surface area contributed by atoms with Gasteiger partial charge in [0.05, 0.1) is 13.2 Å². The Morgan fingerprint density at radius 1 is 0.967 bits per heavy atom. The van der Waals surface area contributed by atoms with Crippen molar-refractivity contribution in [3.8, 4) is 0 Å². The minimum Gasteiger partial charge on any atom is -0.463 e. The molecule has 0 amide bonds. The molecular weight excluding hydrogens is 380 g/mol. The lowest BCUT2D eigenvalue weighted by Gasteiger charge is -2.51. The Hall–Kier alpha value is -0.940. The van der Waals surface area contributed by atoms with Crippen molar-refractivity contribution in [3.63, 3.8) is 0 Å². The van der Waals surface area contributed by atoms with Crippen LogP contribution in [0.4, 0.5) is 0 Å². The van der Waals surface area contributed by atoms with Crippen LogP contribution in [0.1, 0.15) is 85.5 Å². The maximum absolute atomic E-state index is 13.7. The first-order valence-corrected chi connectivity index (χ1v) is 12.2. The number of hydrogen-bond acceptors (Lipinski definition) is 5. The molecule has 0 spiro atoms. The van der Waals surface area contributed by atoms with E-state index in [4.69, 9.17) is 14.2 Å². The maximum Gasteiger partial charge on any atom is 0.302 e. The summed E-state index contributed by atoms with van der Waals surface area (Å²) in [6, 6.07) is 0. The van der Waals surface area contributed by atoms with Crippen molar-refractivity contribution < 1.29 is 23.8 Å². The number of esters is 1. The van der Waals surface area contributed by atoms with Crippen LogP contribution in [0.3, 0.4) is 0 Å². The zero-order valence-corrected chi connectivity index (χ0v) is 19.3. The van der Waals surface area contributed by atoms with Crippen LogP contribution in [0.15, 0.2) is 0 Å². The highest BCUT2D eigenvalue weighted by atomic mass is 16.7. The molecule has 0 radical (unpaired) electrons. The van der Waals surface area contributed by atoms with Gasteiger partial charge in [-0.3, -0.25) is 9.59 Å². The van der Waals surface area contributed by atoms with Gasteiger partial charge in [-0.1, -0.05) is 20.3 Å². The Labute approximate surface area is 181 Å². The van der Waals surface area contributed by atoms with Gasteiger partial charge in [-0.05, 0) is 75.5 Å². The van der Waals surface area contributed by atoms with Gasteiger partial charge in [-0.15, -0.1) is 0 Å². The Kier molecular flexibility index (Phi) is 6.33. The van der Waals surface area contributed by atoms with Crippen LogP contribution >= 0.6 is 0 Å². The van der Waals surface area contributed by atoms with Gasteiger partial charge in [-0.2, -0.15) is 0 Å². The summed E-state index contributed by atoms with van der Waals surface area (Å²) in [5.41, 5.74) is -0.329. The largest absolute Gasteiger partial charge is 0.463 e. The minimum absolute atomic E-state index is 0.0403. The summed E-state index contributed by atoms with van der Waals surface area (Å²) in [5, 5.41) is 0. The first kappa shape index (κ1) is 22.3. The van der Waals surface area contributed by atoms with E-state index in [9.17, 15) is 9.59 Å². The summed E-state index contributed by atoms with van der Waals surface area (Å²) >= 11 is 0. The molecule has 1 heterocycles. The molecule has 170 valence electrons. The van der Waals surface area contributed by atoms with E-state index in [1.54, 1.807) is 0 Å². The lowest BCUT2D eigenvalue weighted by molar-refractivity contribution is -0.211. The van der Waals surface area contributed by atoms with Crippen molar-refractivity contribution in [3.05, 3.63) is 0 Å². The molecule has 1 aliphatic heterocycles. The number of rotatable bonds is 2. The predicted molar refractivity (Wildman–Crippen MR) is 114 cm³/mol. The third-order valence-electron chi connectivity index (χ3n) is 9.16. The van der Waals surface area contributed by atoms with Gasteiger partial charge in [0.15, 0.2) is 5.79 Å². The number of carbonyl (C=O) groups is 2. The van der Waals surface area contributed by atoms with Crippen LogP contribution in [0, 0.1) is 35.0 Å². The lowest BCUT2D eigenvalue weighted by atomic mass is 9.53. The fourth-order valence-electron chi connectivity index (χ4n) is 7.64. The highest BCUT2D eigenvalue weighted by Crippen LogP contribution is 2.62. The molecule has 4 aliphatic rings.